The molecule has 0 spiro atoms. The minimum Gasteiger partial charge on any atom is -0.389 e. The van der Waals surface area contributed by atoms with Gasteiger partial charge >= 0.3 is 0 Å². The van der Waals surface area contributed by atoms with Crippen LogP contribution in [0.3, 0.4) is 0 Å². The molecule has 0 aliphatic heterocycles. The first kappa shape index (κ1) is 20.2. The Morgan fingerprint density at radius 2 is 1.92 bits per heavy atom. The van der Waals surface area contributed by atoms with E-state index >= 15 is 0 Å². The first-order valence-corrected chi connectivity index (χ1v) is 8.44. The molecule has 2 aromatic heterocycles. The number of hydrogen-bond acceptors (Lipinski definition) is 9. The summed E-state index contributed by atoms with van der Waals surface area (Å²) in [6.45, 7) is 1.74. The zero-order chi connectivity index (χ0) is 19.1. The van der Waals surface area contributed by atoms with Gasteiger partial charge in [-0.1, -0.05) is 24.0 Å². The molecule has 0 aliphatic carbocycles. The van der Waals surface area contributed by atoms with E-state index in [1.54, 1.807) is 18.5 Å². The number of rotatable bonds is 3. The van der Waals surface area contributed by atoms with Crippen molar-refractivity contribution in [2.45, 2.75) is 18.0 Å². The van der Waals surface area contributed by atoms with E-state index in [1.807, 2.05) is 18.4 Å². The lowest BCUT2D eigenvalue weighted by molar-refractivity contribution is 0.808. The molecule has 6 N–H and O–H groups in total. The van der Waals surface area contributed by atoms with Crippen LogP contribution in [0.25, 0.3) is 0 Å². The van der Waals surface area contributed by atoms with Gasteiger partial charge in [-0.15, -0.1) is 0 Å². The molecule has 2 aromatic rings. The van der Waals surface area contributed by atoms with Crippen LogP contribution in [0.1, 0.15) is 23.0 Å². The largest absolute Gasteiger partial charge is 0.389 e. The van der Waals surface area contributed by atoms with E-state index in [9.17, 15) is 0 Å². The first-order chi connectivity index (χ1) is 11.8. The Morgan fingerprint density at radius 1 is 1.32 bits per heavy atom. The molecule has 0 bridgehead atoms. The van der Waals surface area contributed by atoms with Crippen LogP contribution in [0.4, 0.5) is 11.6 Å². The van der Waals surface area contributed by atoms with Gasteiger partial charge in [0.2, 0.25) is 0 Å². The van der Waals surface area contributed by atoms with Gasteiger partial charge in [-0.05, 0) is 13.2 Å². The monoisotopic (exact) mass is 375 g/mol. The summed E-state index contributed by atoms with van der Waals surface area (Å²) in [5.74, 6) is 0.383. The van der Waals surface area contributed by atoms with E-state index < -0.39 is 5.92 Å². The van der Waals surface area contributed by atoms with Gasteiger partial charge in [0.1, 0.15) is 22.4 Å². The number of imidazole rings is 1. The molecule has 0 saturated carbocycles. The molecule has 25 heavy (non-hydrogen) atoms. The number of anilines is 2. The maximum atomic E-state index is 8.64. The summed E-state index contributed by atoms with van der Waals surface area (Å²) in [4.78, 5) is 12.2. The van der Waals surface area contributed by atoms with Gasteiger partial charge in [0, 0.05) is 13.2 Å². The molecular formula is C14H17N9S2. The van der Waals surface area contributed by atoms with Gasteiger partial charge in [0.05, 0.1) is 23.4 Å². The summed E-state index contributed by atoms with van der Waals surface area (Å²) in [5, 5.41) is 17.9. The Bertz CT molecular complexity index is 846. The highest BCUT2D eigenvalue weighted by molar-refractivity contribution is 7.98. The van der Waals surface area contributed by atoms with Gasteiger partial charge in [-0.2, -0.15) is 10.5 Å². The van der Waals surface area contributed by atoms with Gasteiger partial charge in [-0.3, -0.25) is 0 Å². The smallest absolute Gasteiger partial charge is 0.190 e. The van der Waals surface area contributed by atoms with Crippen molar-refractivity contribution in [2.75, 3.05) is 17.7 Å². The average molecular weight is 375 g/mol. The molecule has 0 saturated heterocycles. The first-order valence-electron chi connectivity index (χ1n) is 6.81. The van der Waals surface area contributed by atoms with Gasteiger partial charge < -0.3 is 21.8 Å². The third-order valence-corrected chi connectivity index (χ3v) is 3.90. The Morgan fingerprint density at radius 3 is 2.28 bits per heavy atom. The van der Waals surface area contributed by atoms with E-state index in [0.717, 1.165) is 0 Å². The van der Waals surface area contributed by atoms with Crippen LogP contribution in [-0.2, 0) is 7.05 Å². The van der Waals surface area contributed by atoms with Crippen molar-refractivity contribution in [3.8, 4) is 12.1 Å². The minimum atomic E-state index is -0.846. The van der Waals surface area contributed by atoms with Gasteiger partial charge in [0.15, 0.2) is 11.1 Å². The minimum absolute atomic E-state index is 0.222. The summed E-state index contributed by atoms with van der Waals surface area (Å²) in [6, 6.07) is 3.70. The Hall–Kier alpha value is -2.89. The molecule has 11 heteroatoms. The van der Waals surface area contributed by atoms with Crippen molar-refractivity contribution >= 4 is 40.6 Å². The third-order valence-electron chi connectivity index (χ3n) is 3.12. The average Bonchev–Trinajstić information content (AvgIpc) is 2.84. The fourth-order valence-corrected chi connectivity index (χ4v) is 2.24. The lowest BCUT2D eigenvalue weighted by atomic mass is 10.2. The van der Waals surface area contributed by atoms with Crippen molar-refractivity contribution in [2.24, 2.45) is 12.8 Å². The van der Waals surface area contributed by atoms with Crippen LogP contribution in [0.2, 0.25) is 0 Å². The fourth-order valence-electron chi connectivity index (χ4n) is 1.74. The zero-order valence-electron chi connectivity index (χ0n) is 13.9. The van der Waals surface area contributed by atoms with Crippen molar-refractivity contribution in [1.29, 1.82) is 10.5 Å². The van der Waals surface area contributed by atoms with Crippen molar-refractivity contribution in [1.82, 2.24) is 19.5 Å². The lowest BCUT2D eigenvalue weighted by Crippen LogP contribution is -2.14. The predicted molar refractivity (Wildman–Crippen MR) is 100 cm³/mol. The maximum Gasteiger partial charge on any atom is 0.190 e. The predicted octanol–water partition coefficient (Wildman–Crippen LogP) is 0.856. The van der Waals surface area contributed by atoms with Gasteiger partial charge in [-0.25, -0.2) is 15.0 Å². The number of nitrogen functional groups attached to an aromatic ring is 2. The molecule has 9 nitrogen and oxygen atoms in total. The standard InChI is InChI=1S/C8H9N5.C6H8N4S2/c1-5-7(11)13(2)8(12-5)6(3-9)4-10;1-12-6-9-2-3(5(8)11)4(7)10-6/h6H,11H2,1-2H3;2H,1H3,(H2,8,11)(H2,7,9,10). The van der Waals surface area contributed by atoms with E-state index in [0.29, 0.717) is 33.9 Å². The van der Waals surface area contributed by atoms with Crippen molar-refractivity contribution < 1.29 is 0 Å². The fraction of sp³-hybridized carbons (Fsp3) is 0.286. The number of hydrogen-bond donors (Lipinski definition) is 3. The van der Waals surface area contributed by atoms with Crippen molar-refractivity contribution in [3.05, 3.63) is 23.3 Å². The summed E-state index contributed by atoms with van der Waals surface area (Å²) in [5.41, 5.74) is 17.7. The summed E-state index contributed by atoms with van der Waals surface area (Å²) in [7, 11) is 1.69. The molecule has 0 radical (unpaired) electrons. The summed E-state index contributed by atoms with van der Waals surface area (Å²) < 4.78 is 1.56. The molecule has 0 unspecified atom stereocenters. The Labute approximate surface area is 154 Å². The zero-order valence-corrected chi connectivity index (χ0v) is 15.5. The van der Waals surface area contributed by atoms with Crippen LogP contribution in [-0.4, -0.2) is 30.8 Å². The van der Waals surface area contributed by atoms with E-state index in [2.05, 4.69) is 15.0 Å². The Balaban J connectivity index is 0.000000251. The number of aromatic nitrogens is 4. The van der Waals surface area contributed by atoms with Crippen LogP contribution < -0.4 is 17.2 Å². The topological polar surface area (TPSA) is 169 Å². The van der Waals surface area contributed by atoms with E-state index in [-0.39, 0.29) is 4.99 Å². The molecule has 0 atom stereocenters. The van der Waals surface area contributed by atoms with Crippen LogP contribution >= 0.6 is 24.0 Å². The summed E-state index contributed by atoms with van der Waals surface area (Å²) in [6.07, 6.45) is 3.41. The third kappa shape index (κ3) is 4.79. The molecule has 130 valence electrons. The molecular weight excluding hydrogens is 358 g/mol. The maximum absolute atomic E-state index is 8.64. The number of nitrogens with zero attached hydrogens (tertiary/aromatic N) is 6. The van der Waals surface area contributed by atoms with E-state index in [1.165, 1.54) is 18.0 Å². The highest BCUT2D eigenvalue weighted by Gasteiger charge is 2.17. The number of thioether (sulfide) groups is 1. The molecule has 0 amide bonds. The number of thiocarbonyl (C=S) groups is 1. The highest BCUT2D eigenvalue weighted by atomic mass is 32.2. The normalized spacial score (nSPS) is 9.68. The SMILES string of the molecule is CSc1ncc(C(N)=S)c(N)n1.Cc1nc(C(C#N)C#N)n(C)c1N. The van der Waals surface area contributed by atoms with Crippen molar-refractivity contribution in [3.63, 3.8) is 0 Å². The Kier molecular flexibility index (Phi) is 7.11. The highest BCUT2D eigenvalue weighted by Crippen LogP contribution is 2.18. The van der Waals surface area contributed by atoms with Crippen LogP contribution in [0, 0.1) is 29.6 Å². The molecule has 2 heterocycles. The second kappa shape index (κ2) is 8.82. The number of nitrogens with two attached hydrogens (primary N) is 3. The molecule has 0 fully saturated rings. The molecule has 0 aromatic carbocycles. The number of aryl methyl sites for hydroxylation is 1. The quantitative estimate of drug-likeness (QED) is 0.397. The second-order valence-corrected chi connectivity index (χ2v) is 5.92. The lowest BCUT2D eigenvalue weighted by Gasteiger charge is -2.02. The van der Waals surface area contributed by atoms with Gasteiger partial charge in [0.25, 0.3) is 0 Å². The molecule has 2 rings (SSSR count). The number of nitriles is 2. The molecule has 0 aliphatic rings. The van der Waals surface area contributed by atoms with Crippen LogP contribution in [0.15, 0.2) is 11.4 Å². The second-order valence-electron chi connectivity index (χ2n) is 4.71. The van der Waals surface area contributed by atoms with Crippen LogP contribution in [0.5, 0.6) is 0 Å². The summed E-state index contributed by atoms with van der Waals surface area (Å²) >= 11 is 6.16. The van der Waals surface area contributed by atoms with E-state index in [4.69, 9.17) is 39.9 Å².